The van der Waals surface area contributed by atoms with Crippen LogP contribution < -0.4 is 9.67 Å². The first kappa shape index (κ1) is 16.1. The van der Waals surface area contributed by atoms with Crippen molar-refractivity contribution in [1.29, 1.82) is 5.26 Å². The summed E-state index contributed by atoms with van der Waals surface area (Å²) in [6.07, 6.45) is 1.63. The molecule has 0 fully saturated rings. The van der Waals surface area contributed by atoms with Crippen LogP contribution in [-0.2, 0) is 0 Å². The second kappa shape index (κ2) is 7.15. The van der Waals surface area contributed by atoms with Crippen LogP contribution in [0.3, 0.4) is 0 Å². The average molecular weight is 358 g/mol. The van der Waals surface area contributed by atoms with E-state index in [-0.39, 0.29) is 0 Å². The summed E-state index contributed by atoms with van der Waals surface area (Å²) < 4.78 is 1.41. The number of hydrogen-bond acceptors (Lipinski definition) is 4. The molecule has 2 aromatic rings. The predicted octanol–water partition coefficient (Wildman–Crippen LogP) is 2.21. The summed E-state index contributed by atoms with van der Waals surface area (Å²) in [5.41, 5.74) is 5.91. The van der Waals surface area contributed by atoms with Crippen molar-refractivity contribution in [3.05, 3.63) is 29.8 Å². The summed E-state index contributed by atoms with van der Waals surface area (Å²) in [7, 11) is 3.73. The summed E-state index contributed by atoms with van der Waals surface area (Å²) in [6, 6.07) is 10.4. The van der Waals surface area contributed by atoms with Crippen LogP contribution in [0.1, 0.15) is 5.56 Å². The van der Waals surface area contributed by atoms with E-state index in [1.807, 2.05) is 26.2 Å². The van der Waals surface area contributed by atoms with Crippen molar-refractivity contribution in [3.63, 3.8) is 0 Å². The van der Waals surface area contributed by atoms with E-state index in [1.165, 1.54) is 4.35 Å². The maximum atomic E-state index is 9.32. The van der Waals surface area contributed by atoms with E-state index in [2.05, 4.69) is 50.1 Å². The molecule has 1 heterocycles. The van der Waals surface area contributed by atoms with E-state index in [9.17, 15) is 5.26 Å². The van der Waals surface area contributed by atoms with Gasteiger partial charge >= 0.3 is 135 Å². The number of aromatic amines is 1. The fourth-order valence-electron chi connectivity index (χ4n) is 1.78. The number of H-pyrrole nitrogens is 1. The Morgan fingerprint density at radius 2 is 2.00 bits per heavy atom. The summed E-state index contributed by atoms with van der Waals surface area (Å²) in [5, 5.41) is 19.4. The van der Waals surface area contributed by atoms with Crippen LogP contribution in [0.2, 0.25) is 11.4 Å². The molecule has 6 nitrogen and oxygen atoms in total. The first-order valence-corrected chi connectivity index (χ1v) is 11.4. The van der Waals surface area contributed by atoms with Gasteiger partial charge in [0, 0.05) is 0 Å². The number of nitriles is 1. The van der Waals surface area contributed by atoms with Crippen LogP contribution >= 0.6 is 0 Å². The average Bonchev–Trinajstić information content (AvgIpc) is 2.87. The van der Waals surface area contributed by atoms with Crippen LogP contribution in [0.4, 0.5) is 17.3 Å². The van der Waals surface area contributed by atoms with Crippen molar-refractivity contribution < 1.29 is 0 Å². The molecule has 0 amide bonds. The van der Waals surface area contributed by atoms with Gasteiger partial charge in [-0.05, 0) is 0 Å². The van der Waals surface area contributed by atoms with Gasteiger partial charge in [-0.25, -0.2) is 0 Å². The number of anilines is 2. The summed E-state index contributed by atoms with van der Waals surface area (Å²) in [4.78, 5) is 6.00. The molecule has 0 saturated heterocycles. The number of rotatable bonds is 5. The van der Waals surface area contributed by atoms with Crippen LogP contribution in [0.25, 0.3) is 0 Å². The Morgan fingerprint density at radius 1 is 1.32 bits per heavy atom. The van der Waals surface area contributed by atoms with Crippen LogP contribution in [0.5, 0.6) is 0 Å². The SMILES string of the molecule is CN(C)/C=N/c1[nH]nc(Nc2ccc([As](C)C)cc2)c1C#N. The van der Waals surface area contributed by atoms with Crippen LogP contribution in [-0.4, -0.2) is 50.2 Å². The number of aromatic nitrogens is 2. The zero-order chi connectivity index (χ0) is 16.1. The third-order valence-corrected chi connectivity index (χ3v) is 5.72. The summed E-state index contributed by atoms with van der Waals surface area (Å²) in [5.74, 6) is 0.939. The van der Waals surface area contributed by atoms with Crippen molar-refractivity contribution in [1.82, 2.24) is 15.1 Å². The minimum absolute atomic E-state index is 0.404. The van der Waals surface area contributed by atoms with E-state index in [0.29, 0.717) is 17.2 Å². The van der Waals surface area contributed by atoms with Crippen molar-refractivity contribution in [2.24, 2.45) is 4.99 Å². The van der Waals surface area contributed by atoms with Gasteiger partial charge in [0.05, 0.1) is 0 Å². The Kier molecular flexibility index (Phi) is 5.24. The van der Waals surface area contributed by atoms with E-state index < -0.39 is 14.7 Å². The molecule has 0 unspecified atom stereocenters. The molecular weight excluding hydrogens is 339 g/mol. The third kappa shape index (κ3) is 3.90. The van der Waals surface area contributed by atoms with Crippen molar-refractivity contribution >= 4 is 42.7 Å². The van der Waals surface area contributed by atoms with Gasteiger partial charge in [0.15, 0.2) is 0 Å². The van der Waals surface area contributed by atoms with Gasteiger partial charge < -0.3 is 0 Å². The molecule has 2 N–H and O–H groups in total. The molecule has 0 aliphatic carbocycles. The van der Waals surface area contributed by atoms with Gasteiger partial charge in [-0.1, -0.05) is 0 Å². The molecule has 0 radical (unpaired) electrons. The first-order chi connectivity index (χ1) is 10.5. The second-order valence-electron chi connectivity index (χ2n) is 5.18. The van der Waals surface area contributed by atoms with Crippen molar-refractivity contribution in [3.8, 4) is 6.07 Å². The number of nitrogens with one attached hydrogen (secondary N) is 2. The van der Waals surface area contributed by atoms with Crippen LogP contribution in [0.15, 0.2) is 29.3 Å². The molecule has 114 valence electrons. The van der Waals surface area contributed by atoms with E-state index in [1.54, 1.807) is 11.2 Å². The molecule has 22 heavy (non-hydrogen) atoms. The molecular formula is C15H19AsN6. The van der Waals surface area contributed by atoms with E-state index >= 15 is 0 Å². The van der Waals surface area contributed by atoms with Gasteiger partial charge in [-0.15, -0.1) is 0 Å². The summed E-state index contributed by atoms with van der Waals surface area (Å²) in [6.45, 7) is 0. The van der Waals surface area contributed by atoms with Crippen molar-refractivity contribution in [2.75, 3.05) is 19.4 Å². The fraction of sp³-hybridized carbons (Fsp3) is 0.267. The Bertz CT molecular complexity index is 694. The number of benzene rings is 1. The molecule has 0 aliphatic heterocycles. The monoisotopic (exact) mass is 358 g/mol. The maximum absolute atomic E-state index is 9.32. The van der Waals surface area contributed by atoms with Gasteiger partial charge in [-0.2, -0.15) is 0 Å². The molecule has 0 bridgehead atoms. The molecule has 1 aromatic carbocycles. The third-order valence-electron chi connectivity index (χ3n) is 2.92. The predicted molar refractivity (Wildman–Crippen MR) is 92.0 cm³/mol. The number of nitrogens with zero attached hydrogens (tertiary/aromatic N) is 4. The van der Waals surface area contributed by atoms with E-state index in [4.69, 9.17) is 0 Å². The Labute approximate surface area is 135 Å². The second-order valence-corrected chi connectivity index (χ2v) is 10.0. The van der Waals surface area contributed by atoms with Gasteiger partial charge in [0.1, 0.15) is 0 Å². The molecule has 0 spiro atoms. The Balaban J connectivity index is 2.21. The molecule has 1 aromatic heterocycles. The summed E-state index contributed by atoms with van der Waals surface area (Å²) >= 11 is -0.855. The van der Waals surface area contributed by atoms with Crippen molar-refractivity contribution in [2.45, 2.75) is 11.4 Å². The van der Waals surface area contributed by atoms with Gasteiger partial charge in [0.2, 0.25) is 0 Å². The van der Waals surface area contributed by atoms with Gasteiger partial charge in [-0.3, -0.25) is 0 Å². The molecule has 0 saturated carbocycles. The Morgan fingerprint density at radius 3 is 2.55 bits per heavy atom. The molecule has 0 atom stereocenters. The minimum atomic E-state index is -0.855. The van der Waals surface area contributed by atoms with Gasteiger partial charge in [0.25, 0.3) is 0 Å². The quantitative estimate of drug-likeness (QED) is 0.488. The Hall–Kier alpha value is -2.25. The zero-order valence-electron chi connectivity index (χ0n) is 13.1. The fourth-order valence-corrected chi connectivity index (χ4v) is 3.34. The first-order valence-electron chi connectivity index (χ1n) is 6.74. The molecule has 2 rings (SSSR count). The normalized spacial score (nSPS) is 10.9. The standard InChI is InChI=1S/C15H19AsN6/c1-16(2)11-5-7-12(8-6-11)19-15-13(9-17)14(20-21-15)18-10-22(3)4/h5-8,10H,1-4H3,(H2,19,20,21)/b18-10+. The number of hydrogen-bond donors (Lipinski definition) is 2. The van der Waals surface area contributed by atoms with Crippen LogP contribution in [0, 0.1) is 11.3 Å². The molecule has 7 heteroatoms. The number of aliphatic imine (C=N–C) groups is 1. The van der Waals surface area contributed by atoms with E-state index in [0.717, 1.165) is 5.69 Å². The zero-order valence-corrected chi connectivity index (χ0v) is 15.0. The topological polar surface area (TPSA) is 80.1 Å². The molecule has 0 aliphatic rings.